The molecule has 13 heavy (non-hydrogen) atoms. The summed E-state index contributed by atoms with van der Waals surface area (Å²) < 4.78 is 0. The number of hydrogen-bond acceptors (Lipinski definition) is 2. The Morgan fingerprint density at radius 3 is 2.85 bits per heavy atom. The number of carbonyl (C=O) groups excluding carboxylic acids is 1. The van der Waals surface area contributed by atoms with E-state index in [0.717, 1.165) is 12.8 Å². The maximum atomic E-state index is 10.9. The Hall–Kier alpha value is -0.570. The van der Waals surface area contributed by atoms with Crippen LogP contribution in [0.15, 0.2) is 0 Å². The summed E-state index contributed by atoms with van der Waals surface area (Å²) in [6.07, 6.45) is 4.48. The number of rotatable bonds is 2. The summed E-state index contributed by atoms with van der Waals surface area (Å²) in [5, 5.41) is 11.4. The minimum atomic E-state index is -0.392. The minimum Gasteiger partial charge on any atom is -0.387 e. The lowest BCUT2D eigenvalue weighted by Gasteiger charge is -2.35. The fourth-order valence-corrected chi connectivity index (χ4v) is 2.09. The van der Waals surface area contributed by atoms with Crippen molar-refractivity contribution in [1.82, 2.24) is 5.32 Å². The van der Waals surface area contributed by atoms with Gasteiger partial charge in [-0.15, -0.1) is 0 Å². The highest BCUT2D eigenvalue weighted by atomic mass is 16.3. The Morgan fingerprint density at radius 1 is 1.62 bits per heavy atom. The van der Waals surface area contributed by atoms with E-state index in [1.165, 1.54) is 12.8 Å². The highest BCUT2D eigenvalue weighted by Crippen LogP contribution is 2.34. The van der Waals surface area contributed by atoms with Gasteiger partial charge in [0.15, 0.2) is 0 Å². The van der Waals surface area contributed by atoms with Crippen LogP contribution in [0.2, 0.25) is 0 Å². The first kappa shape index (κ1) is 10.5. The second kappa shape index (κ2) is 4.09. The summed E-state index contributed by atoms with van der Waals surface area (Å²) in [7, 11) is 0. The quantitative estimate of drug-likeness (QED) is 0.676. The van der Waals surface area contributed by atoms with Gasteiger partial charge >= 0.3 is 0 Å². The summed E-state index contributed by atoms with van der Waals surface area (Å²) >= 11 is 0. The molecule has 0 aromatic carbocycles. The van der Waals surface area contributed by atoms with E-state index in [-0.39, 0.29) is 11.9 Å². The molecule has 76 valence electrons. The first-order valence-corrected chi connectivity index (χ1v) is 4.94. The molecule has 0 saturated heterocycles. The molecular weight excluding hydrogens is 166 g/mol. The van der Waals surface area contributed by atoms with Crippen molar-refractivity contribution in [3.8, 4) is 0 Å². The summed E-state index contributed by atoms with van der Waals surface area (Å²) in [5.74, 6) is -0.247. The average molecular weight is 185 g/mol. The van der Waals surface area contributed by atoms with Gasteiger partial charge in [0.1, 0.15) is 6.61 Å². The van der Waals surface area contributed by atoms with E-state index >= 15 is 0 Å². The molecule has 1 amide bonds. The van der Waals surface area contributed by atoms with Gasteiger partial charge in [0.2, 0.25) is 5.91 Å². The monoisotopic (exact) mass is 185 g/mol. The normalized spacial score (nSPS) is 26.8. The Morgan fingerprint density at radius 2 is 2.31 bits per heavy atom. The fraction of sp³-hybridized carbons (Fsp3) is 0.900. The Balaban J connectivity index is 2.39. The van der Waals surface area contributed by atoms with Gasteiger partial charge in [-0.3, -0.25) is 4.79 Å². The lowest BCUT2D eigenvalue weighted by atomic mass is 9.75. The van der Waals surface area contributed by atoms with Crippen LogP contribution < -0.4 is 5.32 Å². The largest absolute Gasteiger partial charge is 0.387 e. The highest BCUT2D eigenvalue weighted by molar-refractivity contribution is 5.77. The van der Waals surface area contributed by atoms with E-state index in [0.29, 0.717) is 5.41 Å². The first-order valence-electron chi connectivity index (χ1n) is 4.94. The van der Waals surface area contributed by atoms with Crippen LogP contribution in [-0.4, -0.2) is 23.7 Å². The zero-order valence-electron chi connectivity index (χ0n) is 8.47. The topological polar surface area (TPSA) is 49.3 Å². The maximum Gasteiger partial charge on any atom is 0.245 e. The summed E-state index contributed by atoms with van der Waals surface area (Å²) in [6, 6.07) is 0.267. The predicted octanol–water partition coefficient (Wildman–Crippen LogP) is 1.06. The standard InChI is InChI=1S/C10H19NO2/c1-10(2)5-3-4-8(6-10)11-9(13)7-12/h8,12H,3-7H2,1-2H3,(H,11,13). The van der Waals surface area contributed by atoms with Crippen LogP contribution >= 0.6 is 0 Å². The summed E-state index contributed by atoms with van der Waals surface area (Å²) in [5.41, 5.74) is 0.339. The molecule has 2 N–H and O–H groups in total. The van der Waals surface area contributed by atoms with E-state index < -0.39 is 6.61 Å². The van der Waals surface area contributed by atoms with Gasteiger partial charge in [-0.25, -0.2) is 0 Å². The molecule has 0 spiro atoms. The van der Waals surface area contributed by atoms with Gasteiger partial charge in [0.25, 0.3) is 0 Å². The lowest BCUT2D eigenvalue weighted by Crippen LogP contribution is -2.41. The second-order valence-electron chi connectivity index (χ2n) is 4.68. The van der Waals surface area contributed by atoms with Gasteiger partial charge in [-0.05, 0) is 24.7 Å². The van der Waals surface area contributed by atoms with Gasteiger partial charge in [0, 0.05) is 6.04 Å². The Labute approximate surface area is 79.5 Å². The number of carbonyl (C=O) groups is 1. The van der Waals surface area contributed by atoms with E-state index in [1.54, 1.807) is 0 Å². The number of aliphatic hydroxyl groups is 1. The molecule has 1 rings (SSSR count). The zero-order valence-corrected chi connectivity index (χ0v) is 8.47. The molecular formula is C10H19NO2. The van der Waals surface area contributed by atoms with Crippen molar-refractivity contribution in [2.75, 3.05) is 6.61 Å². The zero-order chi connectivity index (χ0) is 9.90. The SMILES string of the molecule is CC1(C)CCCC(NC(=O)CO)C1. The van der Waals surface area contributed by atoms with E-state index in [9.17, 15) is 4.79 Å². The van der Waals surface area contributed by atoms with Crippen molar-refractivity contribution < 1.29 is 9.90 Å². The third-order valence-corrected chi connectivity index (χ3v) is 2.71. The number of amides is 1. The third-order valence-electron chi connectivity index (χ3n) is 2.71. The van der Waals surface area contributed by atoms with Crippen molar-refractivity contribution in [1.29, 1.82) is 0 Å². The molecule has 0 radical (unpaired) electrons. The van der Waals surface area contributed by atoms with Crippen LogP contribution in [0.3, 0.4) is 0 Å². The average Bonchev–Trinajstić information content (AvgIpc) is 2.02. The molecule has 1 aliphatic rings. The molecule has 1 fully saturated rings. The number of aliphatic hydroxyl groups excluding tert-OH is 1. The molecule has 0 heterocycles. The van der Waals surface area contributed by atoms with Crippen LogP contribution in [0, 0.1) is 5.41 Å². The van der Waals surface area contributed by atoms with Crippen LogP contribution in [0.1, 0.15) is 39.5 Å². The van der Waals surface area contributed by atoms with Gasteiger partial charge in [0.05, 0.1) is 0 Å². The van der Waals surface area contributed by atoms with Crippen molar-refractivity contribution in [3.05, 3.63) is 0 Å². The molecule has 1 saturated carbocycles. The van der Waals surface area contributed by atoms with Crippen molar-refractivity contribution in [2.24, 2.45) is 5.41 Å². The minimum absolute atomic E-state index is 0.247. The Kier molecular flexibility index (Phi) is 3.31. The van der Waals surface area contributed by atoms with Crippen molar-refractivity contribution in [2.45, 2.75) is 45.6 Å². The van der Waals surface area contributed by atoms with Crippen LogP contribution in [0.4, 0.5) is 0 Å². The molecule has 0 bridgehead atoms. The summed E-state index contributed by atoms with van der Waals surface area (Å²) in [6.45, 7) is 4.06. The predicted molar refractivity (Wildman–Crippen MR) is 51.3 cm³/mol. The van der Waals surface area contributed by atoms with Crippen LogP contribution in [0.25, 0.3) is 0 Å². The second-order valence-corrected chi connectivity index (χ2v) is 4.68. The molecule has 0 aromatic heterocycles. The van der Waals surface area contributed by atoms with Crippen LogP contribution in [0.5, 0.6) is 0 Å². The molecule has 1 aliphatic carbocycles. The highest BCUT2D eigenvalue weighted by Gasteiger charge is 2.28. The third kappa shape index (κ3) is 3.35. The van der Waals surface area contributed by atoms with E-state index in [4.69, 9.17) is 5.11 Å². The van der Waals surface area contributed by atoms with Crippen molar-refractivity contribution >= 4 is 5.91 Å². The van der Waals surface area contributed by atoms with E-state index in [1.807, 2.05) is 0 Å². The number of hydrogen-bond donors (Lipinski definition) is 2. The van der Waals surface area contributed by atoms with Gasteiger partial charge in [-0.2, -0.15) is 0 Å². The molecule has 3 nitrogen and oxygen atoms in total. The van der Waals surface area contributed by atoms with E-state index in [2.05, 4.69) is 19.2 Å². The van der Waals surface area contributed by atoms with Crippen LogP contribution in [-0.2, 0) is 4.79 Å². The smallest absolute Gasteiger partial charge is 0.245 e. The number of nitrogens with one attached hydrogen (secondary N) is 1. The van der Waals surface area contributed by atoms with Gasteiger partial charge < -0.3 is 10.4 Å². The first-order chi connectivity index (χ1) is 6.03. The Bertz CT molecular complexity index is 189. The lowest BCUT2D eigenvalue weighted by molar-refractivity contribution is -0.124. The molecule has 0 aromatic rings. The van der Waals surface area contributed by atoms with Crippen molar-refractivity contribution in [3.63, 3.8) is 0 Å². The molecule has 1 unspecified atom stereocenters. The molecule has 0 aliphatic heterocycles. The maximum absolute atomic E-state index is 10.9. The molecule has 3 heteroatoms. The van der Waals surface area contributed by atoms with Gasteiger partial charge in [-0.1, -0.05) is 20.3 Å². The molecule has 1 atom stereocenters. The fourth-order valence-electron chi connectivity index (χ4n) is 2.09. The summed E-state index contributed by atoms with van der Waals surface area (Å²) in [4.78, 5) is 10.9.